The highest BCUT2D eigenvalue weighted by atomic mass is 16.2. The van der Waals surface area contributed by atoms with E-state index in [4.69, 9.17) is 0 Å². The van der Waals surface area contributed by atoms with Crippen LogP contribution in [-0.2, 0) is 6.54 Å². The molecule has 1 fully saturated rings. The predicted molar refractivity (Wildman–Crippen MR) is 65.6 cm³/mol. The highest BCUT2D eigenvalue weighted by Crippen LogP contribution is 2.17. The highest BCUT2D eigenvalue weighted by molar-refractivity contribution is 5.74. The van der Waals surface area contributed by atoms with Crippen LogP contribution in [0.5, 0.6) is 0 Å². The minimum atomic E-state index is -0.0302. The number of nitrogens with one attached hydrogen (secondary N) is 2. The average Bonchev–Trinajstić information content (AvgIpc) is 2.96. The number of hydrogen-bond acceptors (Lipinski definition) is 2. The van der Waals surface area contributed by atoms with Crippen molar-refractivity contribution in [2.45, 2.75) is 44.7 Å². The molecule has 1 aromatic heterocycles. The van der Waals surface area contributed by atoms with E-state index < -0.39 is 0 Å². The first kappa shape index (κ1) is 12.0. The first-order valence-electron chi connectivity index (χ1n) is 6.36. The van der Waals surface area contributed by atoms with Gasteiger partial charge in [0.2, 0.25) is 0 Å². The van der Waals surface area contributed by atoms with Crippen molar-refractivity contribution in [3.05, 3.63) is 18.5 Å². The maximum atomic E-state index is 11.5. The van der Waals surface area contributed by atoms with E-state index >= 15 is 0 Å². The van der Waals surface area contributed by atoms with Crippen molar-refractivity contribution in [3.63, 3.8) is 0 Å². The summed E-state index contributed by atoms with van der Waals surface area (Å²) in [5.74, 6) is 0. The first-order valence-corrected chi connectivity index (χ1v) is 6.36. The summed E-state index contributed by atoms with van der Waals surface area (Å²) in [7, 11) is 0. The zero-order valence-electron chi connectivity index (χ0n) is 10.1. The van der Waals surface area contributed by atoms with Gasteiger partial charge in [0.25, 0.3) is 0 Å². The summed E-state index contributed by atoms with van der Waals surface area (Å²) in [5, 5.41) is 9.99. The van der Waals surface area contributed by atoms with Gasteiger partial charge in [-0.3, -0.25) is 4.68 Å². The van der Waals surface area contributed by atoms with Crippen molar-refractivity contribution in [2.75, 3.05) is 6.54 Å². The summed E-state index contributed by atoms with van der Waals surface area (Å²) >= 11 is 0. The fraction of sp³-hybridized carbons (Fsp3) is 0.667. The monoisotopic (exact) mass is 236 g/mol. The number of carbonyl (C=O) groups excluding carboxylic acids is 1. The number of urea groups is 1. The Kier molecular flexibility index (Phi) is 4.41. The summed E-state index contributed by atoms with van der Waals surface area (Å²) in [5.41, 5.74) is 0. The van der Waals surface area contributed by atoms with E-state index in [2.05, 4.69) is 15.7 Å². The SMILES string of the molecule is O=C(NCCCn1cccn1)NC1CCCC1. The van der Waals surface area contributed by atoms with Gasteiger partial charge in [0.1, 0.15) is 0 Å². The third kappa shape index (κ3) is 4.09. The van der Waals surface area contributed by atoms with Crippen molar-refractivity contribution in [1.29, 1.82) is 0 Å². The molecule has 2 amide bonds. The molecule has 1 aliphatic rings. The Labute approximate surface area is 102 Å². The van der Waals surface area contributed by atoms with Crippen LogP contribution < -0.4 is 10.6 Å². The number of amides is 2. The van der Waals surface area contributed by atoms with E-state index in [0.717, 1.165) is 25.8 Å². The molecule has 1 aliphatic carbocycles. The largest absolute Gasteiger partial charge is 0.338 e. The zero-order valence-corrected chi connectivity index (χ0v) is 10.1. The molecule has 17 heavy (non-hydrogen) atoms. The van der Waals surface area contributed by atoms with Gasteiger partial charge in [-0.25, -0.2) is 4.79 Å². The normalized spacial score (nSPS) is 16.0. The summed E-state index contributed by atoms with van der Waals surface area (Å²) in [6.45, 7) is 1.54. The Morgan fingerprint density at radius 1 is 1.41 bits per heavy atom. The van der Waals surface area contributed by atoms with Gasteiger partial charge in [0.15, 0.2) is 0 Å². The molecule has 1 saturated carbocycles. The second-order valence-electron chi connectivity index (χ2n) is 4.50. The summed E-state index contributed by atoms with van der Waals surface area (Å²) in [4.78, 5) is 11.5. The molecule has 1 aromatic rings. The third-order valence-electron chi connectivity index (χ3n) is 3.10. The second kappa shape index (κ2) is 6.27. The molecule has 0 spiro atoms. The van der Waals surface area contributed by atoms with Crippen LogP contribution in [0.3, 0.4) is 0 Å². The average molecular weight is 236 g/mol. The molecular formula is C12H20N4O. The maximum absolute atomic E-state index is 11.5. The van der Waals surface area contributed by atoms with Crippen molar-refractivity contribution in [3.8, 4) is 0 Å². The number of nitrogens with zero attached hydrogens (tertiary/aromatic N) is 2. The Balaban J connectivity index is 1.53. The fourth-order valence-electron chi connectivity index (χ4n) is 2.18. The van der Waals surface area contributed by atoms with Crippen LogP contribution in [-0.4, -0.2) is 28.4 Å². The third-order valence-corrected chi connectivity index (χ3v) is 3.10. The maximum Gasteiger partial charge on any atom is 0.315 e. The Morgan fingerprint density at radius 2 is 2.24 bits per heavy atom. The van der Waals surface area contributed by atoms with Gasteiger partial charge in [-0.1, -0.05) is 12.8 Å². The van der Waals surface area contributed by atoms with Crippen LogP contribution in [0.15, 0.2) is 18.5 Å². The van der Waals surface area contributed by atoms with E-state index in [0.29, 0.717) is 12.6 Å². The lowest BCUT2D eigenvalue weighted by Crippen LogP contribution is -2.41. The van der Waals surface area contributed by atoms with E-state index in [9.17, 15) is 4.79 Å². The topological polar surface area (TPSA) is 59.0 Å². The lowest BCUT2D eigenvalue weighted by atomic mass is 10.2. The standard InChI is InChI=1S/C12H20N4O/c17-12(15-11-5-1-2-6-11)13-7-3-9-16-10-4-8-14-16/h4,8,10-11H,1-3,5-7,9H2,(H2,13,15,17). The van der Waals surface area contributed by atoms with E-state index in [1.54, 1.807) is 6.20 Å². The minimum Gasteiger partial charge on any atom is -0.338 e. The Hall–Kier alpha value is -1.52. The van der Waals surface area contributed by atoms with Gasteiger partial charge in [0, 0.05) is 31.5 Å². The molecule has 0 bridgehead atoms. The van der Waals surface area contributed by atoms with E-state index in [1.807, 2.05) is 16.9 Å². The lowest BCUT2D eigenvalue weighted by Gasteiger charge is -2.12. The number of rotatable bonds is 5. The smallest absolute Gasteiger partial charge is 0.315 e. The van der Waals surface area contributed by atoms with Crippen LogP contribution in [0.1, 0.15) is 32.1 Å². The van der Waals surface area contributed by atoms with E-state index in [1.165, 1.54) is 12.8 Å². The van der Waals surface area contributed by atoms with Gasteiger partial charge in [-0.15, -0.1) is 0 Å². The lowest BCUT2D eigenvalue weighted by molar-refractivity contribution is 0.236. The van der Waals surface area contributed by atoms with Crippen LogP contribution >= 0.6 is 0 Å². The minimum absolute atomic E-state index is 0.0302. The fourth-order valence-corrected chi connectivity index (χ4v) is 2.18. The van der Waals surface area contributed by atoms with Gasteiger partial charge in [-0.2, -0.15) is 5.10 Å². The van der Waals surface area contributed by atoms with Gasteiger partial charge >= 0.3 is 6.03 Å². The molecule has 94 valence electrons. The zero-order chi connectivity index (χ0) is 11.9. The molecule has 2 rings (SSSR count). The summed E-state index contributed by atoms with van der Waals surface area (Å²) in [6.07, 6.45) is 9.33. The van der Waals surface area contributed by atoms with Crippen molar-refractivity contribution >= 4 is 6.03 Å². The molecule has 0 saturated heterocycles. The number of aromatic nitrogens is 2. The molecule has 1 heterocycles. The molecule has 5 nitrogen and oxygen atoms in total. The molecule has 0 unspecified atom stereocenters. The second-order valence-corrected chi connectivity index (χ2v) is 4.50. The van der Waals surface area contributed by atoms with Gasteiger partial charge in [0.05, 0.1) is 0 Å². The predicted octanol–water partition coefficient (Wildman–Crippen LogP) is 1.51. The Morgan fingerprint density at radius 3 is 2.94 bits per heavy atom. The quantitative estimate of drug-likeness (QED) is 0.761. The highest BCUT2D eigenvalue weighted by Gasteiger charge is 2.16. The number of aryl methyl sites for hydroxylation is 1. The van der Waals surface area contributed by atoms with Crippen LogP contribution in [0, 0.1) is 0 Å². The van der Waals surface area contributed by atoms with Crippen LogP contribution in [0.4, 0.5) is 4.79 Å². The van der Waals surface area contributed by atoms with E-state index in [-0.39, 0.29) is 6.03 Å². The molecule has 2 N–H and O–H groups in total. The molecule has 0 aliphatic heterocycles. The molecule has 5 heteroatoms. The van der Waals surface area contributed by atoms with Crippen molar-refractivity contribution < 1.29 is 4.79 Å². The van der Waals surface area contributed by atoms with Crippen molar-refractivity contribution in [1.82, 2.24) is 20.4 Å². The molecule has 0 atom stereocenters. The first-order chi connectivity index (χ1) is 8.34. The van der Waals surface area contributed by atoms with Crippen molar-refractivity contribution in [2.24, 2.45) is 0 Å². The summed E-state index contributed by atoms with van der Waals surface area (Å²) in [6, 6.07) is 2.26. The van der Waals surface area contributed by atoms with Gasteiger partial charge in [-0.05, 0) is 25.3 Å². The van der Waals surface area contributed by atoms with Crippen LogP contribution in [0.2, 0.25) is 0 Å². The van der Waals surface area contributed by atoms with Gasteiger partial charge < -0.3 is 10.6 Å². The molecule has 0 aromatic carbocycles. The molecule has 0 radical (unpaired) electrons. The number of carbonyl (C=O) groups is 1. The summed E-state index contributed by atoms with van der Waals surface area (Å²) < 4.78 is 1.87. The number of hydrogen-bond donors (Lipinski definition) is 2. The Bertz CT molecular complexity index is 330. The molecular weight excluding hydrogens is 216 g/mol. The van der Waals surface area contributed by atoms with Crippen LogP contribution in [0.25, 0.3) is 0 Å².